The van der Waals surface area contributed by atoms with Gasteiger partial charge >= 0.3 is 18.3 Å². The van der Waals surface area contributed by atoms with E-state index in [1.807, 2.05) is 0 Å². The Labute approximate surface area is 318 Å². The van der Waals surface area contributed by atoms with Crippen molar-refractivity contribution in [3.05, 3.63) is 65.0 Å². The van der Waals surface area contributed by atoms with Gasteiger partial charge in [-0.2, -0.15) is 26.3 Å². The van der Waals surface area contributed by atoms with E-state index in [1.165, 1.54) is 18.2 Å². The summed E-state index contributed by atoms with van der Waals surface area (Å²) in [6.07, 6.45) is -17.4. The van der Waals surface area contributed by atoms with E-state index in [0.717, 1.165) is 17.0 Å². The molecule has 5 atom stereocenters. The van der Waals surface area contributed by atoms with E-state index in [-0.39, 0.29) is 22.5 Å². The maximum atomic E-state index is 14.6. The van der Waals surface area contributed by atoms with Gasteiger partial charge in [0.15, 0.2) is 0 Å². The van der Waals surface area contributed by atoms with Crippen molar-refractivity contribution in [2.24, 2.45) is 34.4 Å². The van der Waals surface area contributed by atoms with E-state index in [0.29, 0.717) is 5.56 Å². The molecule has 1 heterocycles. The lowest BCUT2D eigenvalue weighted by atomic mass is 9.83. The Morgan fingerprint density at radius 2 is 1.45 bits per heavy atom. The van der Waals surface area contributed by atoms with Gasteiger partial charge in [0.2, 0.25) is 23.9 Å². The van der Waals surface area contributed by atoms with E-state index in [2.05, 4.69) is 20.9 Å². The molecule has 19 heteroatoms. The van der Waals surface area contributed by atoms with Crippen molar-refractivity contribution >= 4 is 41.0 Å². The number of carbonyl (C=O) groups is 5. The molecule has 1 aliphatic heterocycles. The fourth-order valence-electron chi connectivity index (χ4n) is 6.35. The molecule has 0 radical (unpaired) electrons. The number of anilines is 1. The van der Waals surface area contributed by atoms with Gasteiger partial charge in [-0.3, -0.25) is 29.4 Å². The number of benzodiazepines with no additional fused rings is 1. The number of hydrogen-bond donors (Lipinski definition) is 5. The van der Waals surface area contributed by atoms with Crippen molar-refractivity contribution in [2.75, 3.05) is 11.6 Å². The minimum atomic E-state index is -4.90. The first kappa shape index (κ1) is 45.3. The number of aliphatic imine (C=N–C) groups is 1. The van der Waals surface area contributed by atoms with Crippen LogP contribution in [0.4, 0.5) is 36.4 Å². The van der Waals surface area contributed by atoms with Crippen molar-refractivity contribution in [3.63, 3.8) is 0 Å². The van der Waals surface area contributed by atoms with Crippen LogP contribution in [0.25, 0.3) is 0 Å². The first-order chi connectivity index (χ1) is 25.9. The molecule has 3 rings (SSSR count). The van der Waals surface area contributed by atoms with Gasteiger partial charge in [-0.15, -0.1) is 0 Å². The number of aryl methyl sites for hydroxylation is 1. The lowest BCUT2D eigenvalue weighted by Gasteiger charge is -2.31. The first-order valence-corrected chi connectivity index (χ1v) is 17.7. The molecule has 0 fully saturated rings. The van der Waals surface area contributed by atoms with Gasteiger partial charge in [0, 0.05) is 35.8 Å². The molecule has 0 spiro atoms. The van der Waals surface area contributed by atoms with Crippen molar-refractivity contribution in [1.82, 2.24) is 16.0 Å². The molecule has 2 aromatic carbocycles. The van der Waals surface area contributed by atoms with Gasteiger partial charge in [-0.05, 0) is 49.3 Å². The minimum absolute atomic E-state index is 0.0703. The van der Waals surface area contributed by atoms with E-state index in [4.69, 9.17) is 5.73 Å². The zero-order valence-corrected chi connectivity index (χ0v) is 31.2. The topological polar surface area (TPSA) is 183 Å². The molecular formula is C37H45F7N6O6. The van der Waals surface area contributed by atoms with E-state index >= 15 is 0 Å². The number of fused-ring (bicyclic) bond motifs is 1. The van der Waals surface area contributed by atoms with Crippen molar-refractivity contribution in [3.8, 4) is 0 Å². The highest BCUT2D eigenvalue weighted by molar-refractivity contribution is 6.20. The summed E-state index contributed by atoms with van der Waals surface area (Å²) < 4.78 is 94.4. The molecule has 0 aliphatic carbocycles. The third-order valence-electron chi connectivity index (χ3n) is 9.21. The number of carbonyl (C=O) groups excluding carboxylic acids is 4. The van der Waals surface area contributed by atoms with E-state index in [1.54, 1.807) is 46.8 Å². The SMILES string of the molecule is Cc1cccc2c1N(CN[C@H](C(=O)N[C@H](C(=O)O)C(C)C)C(C)C)C(=O)[C@@H](NC(=O)[C@H](CCC(F)(F)F)[C@H](CCC(F)(F)F)C(N)=O)N=C2c1cccc(F)c1. The van der Waals surface area contributed by atoms with E-state index < -0.39 is 122 Å². The molecule has 0 aromatic heterocycles. The zero-order chi connectivity index (χ0) is 42.3. The highest BCUT2D eigenvalue weighted by Crippen LogP contribution is 2.34. The molecule has 1 aliphatic rings. The van der Waals surface area contributed by atoms with Crippen LogP contribution in [0.3, 0.4) is 0 Å². The molecule has 12 nitrogen and oxygen atoms in total. The lowest BCUT2D eigenvalue weighted by molar-refractivity contribution is -0.152. The number of alkyl halides is 6. The molecule has 0 bridgehead atoms. The predicted molar refractivity (Wildman–Crippen MR) is 190 cm³/mol. The number of rotatable bonds is 17. The summed E-state index contributed by atoms with van der Waals surface area (Å²) in [6.45, 7) is 7.58. The van der Waals surface area contributed by atoms with Crippen LogP contribution in [0.2, 0.25) is 0 Å². The largest absolute Gasteiger partial charge is 0.480 e. The number of para-hydroxylation sites is 1. The fraction of sp³-hybridized carbons (Fsp3) is 0.514. The molecule has 0 unspecified atom stereocenters. The number of carboxylic acids is 1. The molecular weight excluding hydrogens is 757 g/mol. The molecule has 0 saturated heterocycles. The third kappa shape index (κ3) is 12.2. The van der Waals surface area contributed by atoms with Gasteiger partial charge in [0.25, 0.3) is 5.91 Å². The number of primary amides is 1. The minimum Gasteiger partial charge on any atom is -0.480 e. The average Bonchev–Trinajstić information content (AvgIpc) is 3.18. The van der Waals surface area contributed by atoms with Gasteiger partial charge in [0.05, 0.1) is 24.1 Å². The summed E-state index contributed by atoms with van der Waals surface area (Å²) in [5.41, 5.74) is 6.18. The fourth-order valence-corrected chi connectivity index (χ4v) is 6.35. The quantitative estimate of drug-likeness (QED) is 0.140. The number of nitrogens with one attached hydrogen (secondary N) is 3. The molecule has 0 saturated carbocycles. The second kappa shape index (κ2) is 18.7. The second-order valence-corrected chi connectivity index (χ2v) is 14.2. The van der Waals surface area contributed by atoms with Crippen molar-refractivity contribution in [2.45, 2.75) is 90.9 Å². The Hall–Kier alpha value is -5.07. The third-order valence-corrected chi connectivity index (χ3v) is 9.21. The normalized spacial score (nSPS) is 17.0. The number of aliphatic carboxylic acids is 1. The molecule has 308 valence electrons. The summed E-state index contributed by atoms with van der Waals surface area (Å²) >= 11 is 0. The molecule has 56 heavy (non-hydrogen) atoms. The number of nitrogens with zero attached hydrogens (tertiary/aromatic N) is 2. The van der Waals surface area contributed by atoms with Crippen LogP contribution in [0, 0.1) is 36.4 Å². The number of nitrogens with two attached hydrogens (primary N) is 1. The number of halogens is 7. The summed E-state index contributed by atoms with van der Waals surface area (Å²) in [4.78, 5) is 71.6. The Balaban J connectivity index is 2.17. The zero-order valence-electron chi connectivity index (χ0n) is 31.2. The number of benzene rings is 2. The standard InChI is InChI=1S/C37H45F7N6O6/c1-18(2)26(33(53)48-27(19(3)4)35(55)56)46-17-50-29-20(5)8-6-11-25(29)28(21-9-7-10-22(38)16-21)47-31(34(50)54)49-32(52)24(13-15-37(42,43)44)23(30(45)51)12-14-36(39,40)41/h6-11,16,18-19,23-24,26-27,31,46H,12-15,17H2,1-5H3,(H2,45,51)(H,48,53)(H,49,52)(H,55,56)/t23-,24+,26-,27-,31+/m0/s1. The van der Waals surface area contributed by atoms with Gasteiger partial charge in [-0.25, -0.2) is 14.2 Å². The van der Waals surface area contributed by atoms with Crippen LogP contribution >= 0.6 is 0 Å². The van der Waals surface area contributed by atoms with Crippen LogP contribution < -0.4 is 26.6 Å². The van der Waals surface area contributed by atoms with Gasteiger partial charge in [-0.1, -0.05) is 58.0 Å². The summed E-state index contributed by atoms with van der Waals surface area (Å²) in [5, 5.41) is 17.3. The van der Waals surface area contributed by atoms with Crippen LogP contribution in [-0.4, -0.2) is 77.7 Å². The van der Waals surface area contributed by atoms with Crippen LogP contribution in [0.5, 0.6) is 0 Å². The summed E-state index contributed by atoms with van der Waals surface area (Å²) in [7, 11) is 0. The monoisotopic (exact) mass is 802 g/mol. The van der Waals surface area contributed by atoms with Crippen molar-refractivity contribution < 1.29 is 59.8 Å². The van der Waals surface area contributed by atoms with E-state index in [9.17, 15) is 59.8 Å². The predicted octanol–water partition coefficient (Wildman–Crippen LogP) is 4.96. The number of hydrogen-bond acceptors (Lipinski definition) is 7. The summed E-state index contributed by atoms with van der Waals surface area (Å²) in [6, 6.07) is 7.31. The Morgan fingerprint density at radius 1 is 0.875 bits per heavy atom. The maximum Gasteiger partial charge on any atom is 0.389 e. The maximum absolute atomic E-state index is 14.6. The first-order valence-electron chi connectivity index (χ1n) is 17.7. The Bertz CT molecular complexity index is 1800. The highest BCUT2D eigenvalue weighted by atomic mass is 19.4. The smallest absolute Gasteiger partial charge is 0.389 e. The second-order valence-electron chi connectivity index (χ2n) is 14.2. The van der Waals surface area contributed by atoms with Gasteiger partial charge < -0.3 is 21.5 Å². The lowest BCUT2D eigenvalue weighted by Crippen LogP contribution is -2.57. The Kier molecular flexibility index (Phi) is 15.1. The molecule has 2 aromatic rings. The average molecular weight is 803 g/mol. The van der Waals surface area contributed by atoms with Crippen LogP contribution in [0.15, 0.2) is 47.5 Å². The number of carboxylic acid groups (broad SMARTS) is 1. The van der Waals surface area contributed by atoms with Crippen LogP contribution in [0.1, 0.15) is 70.1 Å². The molecule has 6 N–H and O–H groups in total. The Morgan fingerprint density at radius 3 is 1.96 bits per heavy atom. The summed E-state index contributed by atoms with van der Waals surface area (Å²) in [5.74, 6) is -11.8. The van der Waals surface area contributed by atoms with Gasteiger partial charge in [0.1, 0.15) is 11.9 Å². The number of amides is 4. The molecule has 4 amide bonds. The highest BCUT2D eigenvalue weighted by Gasteiger charge is 2.42. The van der Waals surface area contributed by atoms with Crippen molar-refractivity contribution in [1.29, 1.82) is 0 Å². The van der Waals surface area contributed by atoms with Crippen LogP contribution in [-0.2, 0) is 24.0 Å².